The Hall–Kier alpha value is -1.51. The molecule has 0 amide bonds. The molecule has 232 valence electrons. The molecule has 0 bridgehead atoms. The van der Waals surface area contributed by atoms with Gasteiger partial charge in [-0.1, -0.05) is 168 Å². The Balaban J connectivity index is 2.19. The van der Waals surface area contributed by atoms with Crippen LogP contribution < -0.4 is 0 Å². The highest BCUT2D eigenvalue weighted by Crippen LogP contribution is 2.28. The quantitative estimate of drug-likeness (QED) is 0.0961. The second-order valence-corrected chi connectivity index (χ2v) is 12.4. The summed E-state index contributed by atoms with van der Waals surface area (Å²) in [5.41, 5.74) is 1.98. The Morgan fingerprint density at radius 1 is 0.475 bits per heavy atom. The zero-order valence-electron chi connectivity index (χ0n) is 26.8. The average molecular weight is 559 g/mol. The van der Waals surface area contributed by atoms with Crippen LogP contribution in [0.4, 0.5) is 0 Å². The van der Waals surface area contributed by atoms with Crippen molar-refractivity contribution in [3.8, 4) is 5.75 Å². The molecule has 1 aromatic rings. The van der Waals surface area contributed by atoms with E-state index in [0.717, 1.165) is 49.7 Å². The van der Waals surface area contributed by atoms with Gasteiger partial charge >= 0.3 is 5.97 Å². The van der Waals surface area contributed by atoms with Crippen LogP contribution in [0, 0.1) is 0 Å². The van der Waals surface area contributed by atoms with Crippen LogP contribution in [0.2, 0.25) is 0 Å². The second-order valence-electron chi connectivity index (χ2n) is 12.4. The molecular weight excluding hydrogens is 492 g/mol. The van der Waals surface area contributed by atoms with Gasteiger partial charge in [-0.15, -0.1) is 0 Å². The Morgan fingerprint density at radius 2 is 0.725 bits per heavy atom. The molecule has 3 heteroatoms. The Bertz CT molecular complexity index is 675. The number of unbranched alkanes of at least 4 members (excludes halogenated alkanes) is 24. The molecule has 0 fully saturated rings. The number of aromatic carboxylic acids is 1. The summed E-state index contributed by atoms with van der Waals surface area (Å²) in [6, 6.07) is 3.40. The fourth-order valence-electron chi connectivity index (χ4n) is 5.93. The summed E-state index contributed by atoms with van der Waals surface area (Å²) in [5.74, 6) is -0.541. The van der Waals surface area contributed by atoms with E-state index in [0.29, 0.717) is 11.3 Å². The van der Waals surface area contributed by atoms with Gasteiger partial charge in [-0.2, -0.15) is 0 Å². The molecule has 3 nitrogen and oxygen atoms in total. The topological polar surface area (TPSA) is 57.5 Å². The predicted molar refractivity (Wildman–Crippen MR) is 174 cm³/mol. The maximum absolute atomic E-state index is 11.7. The molecule has 0 saturated carbocycles. The van der Waals surface area contributed by atoms with Gasteiger partial charge in [0.05, 0.1) is 5.56 Å². The predicted octanol–water partition coefficient (Wildman–Crippen LogP) is 12.4. The van der Waals surface area contributed by atoms with E-state index in [1.54, 1.807) is 12.1 Å². The molecule has 0 radical (unpaired) electrons. The van der Waals surface area contributed by atoms with Gasteiger partial charge in [0.25, 0.3) is 0 Å². The van der Waals surface area contributed by atoms with Gasteiger partial charge in [0.15, 0.2) is 0 Å². The number of hydrogen-bond donors (Lipinski definition) is 2. The maximum atomic E-state index is 11.7. The monoisotopic (exact) mass is 559 g/mol. The molecule has 0 aliphatic rings. The lowest BCUT2D eigenvalue weighted by Gasteiger charge is -2.12. The number of aromatic hydroxyl groups is 1. The molecule has 2 N–H and O–H groups in total. The minimum Gasteiger partial charge on any atom is -0.507 e. The van der Waals surface area contributed by atoms with Crippen molar-refractivity contribution in [3.63, 3.8) is 0 Å². The van der Waals surface area contributed by atoms with E-state index in [4.69, 9.17) is 0 Å². The van der Waals surface area contributed by atoms with Gasteiger partial charge in [-0.3, -0.25) is 0 Å². The number of benzene rings is 1. The van der Waals surface area contributed by atoms with Crippen LogP contribution in [-0.2, 0) is 12.8 Å². The summed E-state index contributed by atoms with van der Waals surface area (Å²) in [5, 5.41) is 20.5. The summed E-state index contributed by atoms with van der Waals surface area (Å²) >= 11 is 0. The first-order chi connectivity index (χ1) is 19.6. The number of hydrogen-bond acceptors (Lipinski definition) is 2. The molecule has 0 aliphatic carbocycles. The summed E-state index contributed by atoms with van der Waals surface area (Å²) in [6.45, 7) is 4.54. The van der Waals surface area contributed by atoms with Crippen LogP contribution in [0.3, 0.4) is 0 Å². The summed E-state index contributed by atoms with van der Waals surface area (Å²) in [4.78, 5) is 11.7. The third kappa shape index (κ3) is 19.5. The number of carboxylic acids is 1. The molecule has 0 heterocycles. The van der Waals surface area contributed by atoms with E-state index in [-0.39, 0.29) is 0 Å². The maximum Gasteiger partial charge on any atom is 0.335 e. The highest BCUT2D eigenvalue weighted by atomic mass is 16.4. The van der Waals surface area contributed by atoms with E-state index in [1.165, 1.54) is 141 Å². The standard InChI is InChI=1S/C37H66O3/c1-3-5-7-9-11-13-15-17-19-21-23-25-27-29-33-31-35(37(39)40)32-34(36(33)38)30-28-26-24-22-20-18-16-14-12-10-8-6-4-2/h31-32,38H,3-30H2,1-2H3,(H,39,40). The first-order valence-electron chi connectivity index (χ1n) is 17.7. The second kappa shape index (κ2) is 26.4. The van der Waals surface area contributed by atoms with Gasteiger partial charge < -0.3 is 10.2 Å². The number of phenols is 1. The largest absolute Gasteiger partial charge is 0.507 e. The van der Waals surface area contributed by atoms with Crippen LogP contribution >= 0.6 is 0 Å². The number of carbonyl (C=O) groups is 1. The van der Waals surface area contributed by atoms with Crippen LogP contribution in [0.25, 0.3) is 0 Å². The summed E-state index contributed by atoms with van der Waals surface area (Å²) in [6.07, 6.45) is 35.7. The molecule has 40 heavy (non-hydrogen) atoms. The Morgan fingerprint density at radius 3 is 0.975 bits per heavy atom. The summed E-state index contributed by atoms with van der Waals surface area (Å²) in [7, 11) is 0. The minimum atomic E-state index is -0.891. The fourth-order valence-corrected chi connectivity index (χ4v) is 5.93. The van der Waals surface area contributed by atoms with Crippen molar-refractivity contribution in [2.75, 3.05) is 0 Å². The van der Waals surface area contributed by atoms with Crippen LogP contribution in [0.5, 0.6) is 5.75 Å². The first kappa shape index (κ1) is 36.5. The molecule has 0 atom stereocenters. The fraction of sp³-hybridized carbons (Fsp3) is 0.811. The molecule has 0 aliphatic heterocycles. The van der Waals surface area contributed by atoms with E-state index in [2.05, 4.69) is 13.8 Å². The van der Waals surface area contributed by atoms with Crippen LogP contribution in [0.1, 0.15) is 202 Å². The highest BCUT2D eigenvalue weighted by molar-refractivity contribution is 5.88. The van der Waals surface area contributed by atoms with Gasteiger partial charge in [0, 0.05) is 0 Å². The van der Waals surface area contributed by atoms with E-state index < -0.39 is 5.97 Å². The third-order valence-corrected chi connectivity index (χ3v) is 8.61. The van der Waals surface area contributed by atoms with Crippen molar-refractivity contribution >= 4 is 5.97 Å². The van der Waals surface area contributed by atoms with Gasteiger partial charge in [0.2, 0.25) is 0 Å². The Kier molecular flexibility index (Phi) is 24.1. The number of rotatable bonds is 29. The van der Waals surface area contributed by atoms with Crippen LogP contribution in [0.15, 0.2) is 12.1 Å². The van der Waals surface area contributed by atoms with Crippen molar-refractivity contribution in [1.82, 2.24) is 0 Å². The molecule has 0 aromatic heterocycles. The lowest BCUT2D eigenvalue weighted by Crippen LogP contribution is -2.02. The van der Waals surface area contributed by atoms with E-state index >= 15 is 0 Å². The first-order valence-corrected chi connectivity index (χ1v) is 17.7. The van der Waals surface area contributed by atoms with E-state index in [1.807, 2.05) is 0 Å². The van der Waals surface area contributed by atoms with E-state index in [9.17, 15) is 15.0 Å². The molecule has 1 aromatic carbocycles. The number of phenolic OH excluding ortho intramolecular Hbond substituents is 1. The van der Waals surface area contributed by atoms with Crippen molar-refractivity contribution in [2.24, 2.45) is 0 Å². The third-order valence-electron chi connectivity index (χ3n) is 8.61. The molecule has 0 unspecified atom stereocenters. The smallest absolute Gasteiger partial charge is 0.335 e. The Labute approximate surface area is 248 Å². The van der Waals surface area contributed by atoms with Gasteiger partial charge in [-0.05, 0) is 48.9 Å². The minimum absolute atomic E-state index is 0.326. The number of aryl methyl sites for hydroxylation is 2. The zero-order chi connectivity index (χ0) is 29.1. The molecule has 1 rings (SSSR count). The van der Waals surface area contributed by atoms with Crippen LogP contribution in [-0.4, -0.2) is 16.2 Å². The van der Waals surface area contributed by atoms with Gasteiger partial charge in [-0.25, -0.2) is 4.79 Å². The van der Waals surface area contributed by atoms with Crippen molar-refractivity contribution in [1.29, 1.82) is 0 Å². The average Bonchev–Trinajstić information content (AvgIpc) is 2.95. The lowest BCUT2D eigenvalue weighted by molar-refractivity contribution is 0.0696. The van der Waals surface area contributed by atoms with Gasteiger partial charge in [0.1, 0.15) is 5.75 Å². The SMILES string of the molecule is CCCCCCCCCCCCCCCc1cc(C(=O)O)cc(CCCCCCCCCCCCCCC)c1O. The molecule has 0 saturated heterocycles. The summed E-state index contributed by atoms with van der Waals surface area (Å²) < 4.78 is 0. The number of carboxylic acid groups (broad SMARTS) is 1. The van der Waals surface area contributed by atoms with Crippen molar-refractivity contribution < 1.29 is 15.0 Å². The zero-order valence-corrected chi connectivity index (χ0v) is 26.8. The highest BCUT2D eigenvalue weighted by Gasteiger charge is 2.13. The van der Waals surface area contributed by atoms with Crippen molar-refractivity contribution in [3.05, 3.63) is 28.8 Å². The van der Waals surface area contributed by atoms with Crippen molar-refractivity contribution in [2.45, 2.75) is 194 Å². The molecular formula is C37H66O3. The molecule has 0 spiro atoms. The normalized spacial score (nSPS) is 11.3. The lowest BCUT2D eigenvalue weighted by atomic mass is 9.95.